The molecule has 1 aliphatic carbocycles. The highest BCUT2D eigenvalue weighted by Crippen LogP contribution is 2.30. The predicted octanol–water partition coefficient (Wildman–Crippen LogP) is 1.05. The maximum absolute atomic E-state index is 12.5. The molecule has 1 heterocycles. The van der Waals surface area contributed by atoms with Crippen LogP contribution in [0.4, 0.5) is 0 Å². The number of amides is 1. The predicted molar refractivity (Wildman–Crippen MR) is 76.7 cm³/mol. The summed E-state index contributed by atoms with van der Waals surface area (Å²) in [5.74, 6) is -0.227. The number of Topliss-reactive ketones (excluding diaryl/α,β-unsaturated/α-hetero) is 2. The Kier molecular flexibility index (Phi) is 3.59. The summed E-state index contributed by atoms with van der Waals surface area (Å²) in [5, 5.41) is 3.10. The zero-order valence-corrected chi connectivity index (χ0v) is 12.0. The highest BCUT2D eigenvalue weighted by molar-refractivity contribution is 6.07. The summed E-state index contributed by atoms with van der Waals surface area (Å²) < 4.78 is 0. The van der Waals surface area contributed by atoms with E-state index in [9.17, 15) is 14.4 Å². The Morgan fingerprint density at radius 3 is 2.81 bits per heavy atom. The molecular formula is C16H18N2O3. The van der Waals surface area contributed by atoms with Crippen LogP contribution in [0, 0.1) is 0 Å². The Bertz CT molecular complexity index is 624. The van der Waals surface area contributed by atoms with E-state index >= 15 is 0 Å². The number of ketones is 2. The molecule has 1 aromatic carbocycles. The van der Waals surface area contributed by atoms with E-state index in [4.69, 9.17) is 0 Å². The highest BCUT2D eigenvalue weighted by atomic mass is 16.2. The van der Waals surface area contributed by atoms with Crippen LogP contribution in [0.3, 0.4) is 0 Å². The lowest BCUT2D eigenvalue weighted by Crippen LogP contribution is -2.44. The van der Waals surface area contributed by atoms with Crippen molar-refractivity contribution in [2.75, 3.05) is 7.05 Å². The maximum atomic E-state index is 12.5. The van der Waals surface area contributed by atoms with Crippen LogP contribution in [0.5, 0.6) is 0 Å². The minimum Gasteiger partial charge on any atom is -0.324 e. The molecule has 110 valence electrons. The largest absolute Gasteiger partial charge is 0.324 e. The van der Waals surface area contributed by atoms with Gasteiger partial charge in [-0.25, -0.2) is 0 Å². The highest BCUT2D eigenvalue weighted by Gasteiger charge is 2.39. The topological polar surface area (TPSA) is 66.5 Å². The molecule has 5 heteroatoms. The fourth-order valence-corrected chi connectivity index (χ4v) is 3.22. The molecule has 1 saturated carbocycles. The molecule has 0 radical (unpaired) electrons. The van der Waals surface area contributed by atoms with Gasteiger partial charge in [0.05, 0.1) is 12.5 Å². The zero-order valence-electron chi connectivity index (χ0n) is 12.0. The van der Waals surface area contributed by atoms with Crippen LogP contribution < -0.4 is 5.32 Å². The molecule has 1 aromatic rings. The minimum atomic E-state index is -0.440. The van der Waals surface area contributed by atoms with E-state index in [1.165, 1.54) is 0 Å². The monoisotopic (exact) mass is 286 g/mol. The third-order valence-electron chi connectivity index (χ3n) is 4.28. The summed E-state index contributed by atoms with van der Waals surface area (Å²) in [6.07, 6.45) is 0.812. The summed E-state index contributed by atoms with van der Waals surface area (Å²) in [6.45, 7) is 1.16. The van der Waals surface area contributed by atoms with Gasteiger partial charge in [-0.1, -0.05) is 12.1 Å². The fraction of sp³-hybridized carbons (Fsp3) is 0.438. The number of nitrogens with zero attached hydrogens (tertiary/aromatic N) is 1. The molecule has 5 nitrogen and oxygen atoms in total. The normalized spacial score (nSPS) is 21.9. The van der Waals surface area contributed by atoms with Crippen molar-refractivity contribution < 1.29 is 14.4 Å². The van der Waals surface area contributed by atoms with Crippen molar-refractivity contribution >= 4 is 17.5 Å². The van der Waals surface area contributed by atoms with Crippen molar-refractivity contribution in [3.05, 3.63) is 34.9 Å². The van der Waals surface area contributed by atoms with Crippen LogP contribution in [0.25, 0.3) is 0 Å². The van der Waals surface area contributed by atoms with Gasteiger partial charge < -0.3 is 10.2 Å². The zero-order chi connectivity index (χ0) is 15.0. The summed E-state index contributed by atoms with van der Waals surface area (Å²) in [4.78, 5) is 37.6. The van der Waals surface area contributed by atoms with Crippen molar-refractivity contribution in [3.8, 4) is 0 Å². The summed E-state index contributed by atoms with van der Waals surface area (Å²) in [5.41, 5.74) is 2.78. The van der Waals surface area contributed by atoms with Gasteiger partial charge in [0.2, 0.25) is 0 Å². The lowest BCUT2D eigenvalue weighted by atomic mass is 9.92. The van der Waals surface area contributed by atoms with Crippen LogP contribution in [0.1, 0.15) is 40.7 Å². The second-order valence-corrected chi connectivity index (χ2v) is 5.64. The van der Waals surface area contributed by atoms with E-state index in [1.54, 1.807) is 4.90 Å². The Labute approximate surface area is 123 Å². The average Bonchev–Trinajstić information content (AvgIpc) is 2.78. The first-order valence-corrected chi connectivity index (χ1v) is 7.22. The Morgan fingerprint density at radius 2 is 2.10 bits per heavy atom. The van der Waals surface area contributed by atoms with Crippen molar-refractivity contribution in [1.82, 2.24) is 10.2 Å². The van der Waals surface area contributed by atoms with Gasteiger partial charge >= 0.3 is 0 Å². The molecule has 0 spiro atoms. The van der Waals surface area contributed by atoms with Gasteiger partial charge in [0.1, 0.15) is 5.78 Å². The first kappa shape index (κ1) is 13.9. The van der Waals surface area contributed by atoms with Crippen LogP contribution in [-0.4, -0.2) is 35.5 Å². The Morgan fingerprint density at radius 1 is 1.29 bits per heavy atom. The number of rotatable bonds is 3. The van der Waals surface area contributed by atoms with Crippen LogP contribution >= 0.6 is 0 Å². The molecule has 1 aliphatic heterocycles. The van der Waals surface area contributed by atoms with Crippen LogP contribution in [0.15, 0.2) is 18.2 Å². The third kappa shape index (κ3) is 2.38. The second-order valence-electron chi connectivity index (χ2n) is 5.64. The molecule has 1 atom stereocenters. The number of nitrogens with one attached hydrogen (secondary N) is 1. The van der Waals surface area contributed by atoms with E-state index in [0.29, 0.717) is 31.5 Å². The number of carbonyl (C=O) groups excluding carboxylic acids is 3. The molecule has 1 N–H and O–H groups in total. The first-order chi connectivity index (χ1) is 10.1. The molecular weight excluding hydrogens is 268 g/mol. The quantitative estimate of drug-likeness (QED) is 0.844. The molecule has 3 rings (SSSR count). The minimum absolute atomic E-state index is 0.0173. The number of fused-ring (bicyclic) bond motifs is 1. The van der Waals surface area contributed by atoms with Gasteiger partial charge in [-0.15, -0.1) is 0 Å². The molecule has 1 fully saturated rings. The summed E-state index contributed by atoms with van der Waals surface area (Å²) in [6, 6.07) is 5.25. The molecule has 0 bridgehead atoms. The van der Waals surface area contributed by atoms with E-state index < -0.39 is 6.04 Å². The Hall–Kier alpha value is -2.01. The van der Waals surface area contributed by atoms with Gasteiger partial charge in [0, 0.05) is 25.1 Å². The van der Waals surface area contributed by atoms with E-state index in [-0.39, 0.29) is 23.9 Å². The van der Waals surface area contributed by atoms with Gasteiger partial charge in [0.15, 0.2) is 5.78 Å². The summed E-state index contributed by atoms with van der Waals surface area (Å²) >= 11 is 0. The average molecular weight is 286 g/mol. The second kappa shape index (κ2) is 5.41. The number of hydrogen-bond acceptors (Lipinski definition) is 4. The van der Waals surface area contributed by atoms with Crippen molar-refractivity contribution in [3.63, 3.8) is 0 Å². The van der Waals surface area contributed by atoms with Crippen molar-refractivity contribution in [2.24, 2.45) is 0 Å². The SMILES string of the molecule is CNCc1cccc2c1CN(C1CCC(=O)CC1=O)C2=O. The van der Waals surface area contributed by atoms with E-state index in [1.807, 2.05) is 25.2 Å². The molecule has 1 unspecified atom stereocenters. The van der Waals surface area contributed by atoms with Gasteiger partial charge in [-0.05, 0) is 30.7 Å². The number of benzene rings is 1. The van der Waals surface area contributed by atoms with E-state index in [2.05, 4.69) is 5.32 Å². The van der Waals surface area contributed by atoms with Crippen molar-refractivity contribution in [2.45, 2.75) is 38.4 Å². The smallest absolute Gasteiger partial charge is 0.255 e. The summed E-state index contributed by atoms with van der Waals surface area (Å²) in [7, 11) is 1.87. The van der Waals surface area contributed by atoms with Crippen LogP contribution in [-0.2, 0) is 22.7 Å². The molecule has 0 saturated heterocycles. The molecule has 0 aromatic heterocycles. The molecule has 1 amide bonds. The molecule has 21 heavy (non-hydrogen) atoms. The lowest BCUT2D eigenvalue weighted by molar-refractivity contribution is -0.133. The lowest BCUT2D eigenvalue weighted by Gasteiger charge is -2.29. The molecule has 2 aliphatic rings. The van der Waals surface area contributed by atoms with Crippen molar-refractivity contribution in [1.29, 1.82) is 0 Å². The maximum Gasteiger partial charge on any atom is 0.255 e. The number of carbonyl (C=O) groups is 3. The number of hydrogen-bond donors (Lipinski definition) is 1. The fourth-order valence-electron chi connectivity index (χ4n) is 3.22. The first-order valence-electron chi connectivity index (χ1n) is 7.22. The third-order valence-corrected chi connectivity index (χ3v) is 4.28. The van der Waals surface area contributed by atoms with Gasteiger partial charge in [-0.3, -0.25) is 14.4 Å². The van der Waals surface area contributed by atoms with Crippen LogP contribution in [0.2, 0.25) is 0 Å². The van der Waals surface area contributed by atoms with Gasteiger partial charge in [-0.2, -0.15) is 0 Å². The standard InChI is InChI=1S/C16H18N2O3/c1-17-8-10-3-2-4-12-13(10)9-18(16(12)21)14-6-5-11(19)7-15(14)20/h2-4,14,17H,5-9H2,1H3. The Balaban J connectivity index is 1.88. The van der Waals surface area contributed by atoms with Gasteiger partial charge in [0.25, 0.3) is 5.91 Å². The van der Waals surface area contributed by atoms with E-state index in [0.717, 1.165) is 11.1 Å².